The van der Waals surface area contributed by atoms with Gasteiger partial charge in [0.15, 0.2) is 4.34 Å². The number of unbranched alkanes of at least 4 members (excludes halogenated alkanes) is 2. The molecule has 0 saturated carbocycles. The van der Waals surface area contributed by atoms with Crippen LogP contribution in [0, 0.1) is 0 Å². The number of carbonyl (C=O) groups is 2. The van der Waals surface area contributed by atoms with Crippen molar-refractivity contribution in [2.24, 2.45) is 0 Å². The number of carbonyl (C=O) groups excluding carboxylic acids is 2. The maximum Gasteiger partial charge on any atom is 0.301 e. The van der Waals surface area contributed by atoms with Crippen molar-refractivity contribution in [1.82, 2.24) is 10.2 Å². The van der Waals surface area contributed by atoms with Crippen LogP contribution in [0.4, 0.5) is 5.13 Å². The van der Waals surface area contributed by atoms with Gasteiger partial charge in [-0.2, -0.15) is 0 Å². The lowest BCUT2D eigenvalue weighted by molar-refractivity contribution is -0.132. The molecule has 0 radical (unpaired) electrons. The lowest BCUT2D eigenvalue weighted by Gasteiger charge is -2.23. The molecule has 6 rings (SSSR count). The number of aliphatic hydroxyl groups is 1. The molecule has 8 nitrogen and oxygen atoms in total. The summed E-state index contributed by atoms with van der Waals surface area (Å²) < 4.78 is 12.5. The van der Waals surface area contributed by atoms with Gasteiger partial charge in [0.25, 0.3) is 5.78 Å². The van der Waals surface area contributed by atoms with E-state index >= 15 is 0 Å². The topological polar surface area (TPSA) is 102 Å². The number of anilines is 1. The van der Waals surface area contributed by atoms with Gasteiger partial charge in [-0.1, -0.05) is 85.3 Å². The Morgan fingerprint density at radius 2 is 1.91 bits per heavy atom. The molecule has 0 spiro atoms. The average Bonchev–Trinajstić information content (AvgIpc) is 3.73. The summed E-state index contributed by atoms with van der Waals surface area (Å²) >= 11 is 2.76. The molecule has 2 atom stereocenters. The van der Waals surface area contributed by atoms with E-state index in [0.717, 1.165) is 36.1 Å². The number of rotatable bonds is 11. The first-order chi connectivity index (χ1) is 21.4. The van der Waals surface area contributed by atoms with Crippen LogP contribution in [0.15, 0.2) is 82.7 Å². The summed E-state index contributed by atoms with van der Waals surface area (Å²) in [6.07, 6.45) is 3.79. The number of aliphatic hydroxyl groups excluding tert-OH is 1. The normalized spacial score (nSPS) is 18.8. The minimum Gasteiger partial charge on any atom is -0.507 e. The fraction of sp³-hybridized carbons (Fsp3) is 0.294. The molecule has 1 aromatic heterocycles. The lowest BCUT2D eigenvalue weighted by atomic mass is 9.94. The summed E-state index contributed by atoms with van der Waals surface area (Å²) in [5.74, 6) is 0.295. The van der Waals surface area contributed by atoms with Crippen molar-refractivity contribution < 1.29 is 24.2 Å². The smallest absolute Gasteiger partial charge is 0.301 e. The van der Waals surface area contributed by atoms with Crippen molar-refractivity contribution in [3.8, 4) is 11.5 Å². The molecule has 44 heavy (non-hydrogen) atoms. The van der Waals surface area contributed by atoms with Gasteiger partial charge in [0.05, 0.1) is 18.2 Å². The van der Waals surface area contributed by atoms with E-state index in [-0.39, 0.29) is 22.6 Å². The zero-order valence-corrected chi connectivity index (χ0v) is 26.2. The number of thioether (sulfide) groups is 1. The first-order valence-corrected chi connectivity index (χ1v) is 16.6. The first-order valence-electron chi connectivity index (χ1n) is 14.8. The third-order valence-corrected chi connectivity index (χ3v) is 9.74. The van der Waals surface area contributed by atoms with Crippen LogP contribution in [0.5, 0.6) is 11.5 Å². The van der Waals surface area contributed by atoms with Gasteiger partial charge >= 0.3 is 5.91 Å². The van der Waals surface area contributed by atoms with Gasteiger partial charge in [-0.25, -0.2) is 0 Å². The number of aromatic nitrogens is 2. The molecule has 3 heterocycles. The molecule has 226 valence electrons. The zero-order valence-electron chi connectivity index (χ0n) is 24.6. The van der Waals surface area contributed by atoms with Gasteiger partial charge in [-0.15, -0.1) is 10.2 Å². The Kier molecular flexibility index (Phi) is 8.99. The molecule has 0 bridgehead atoms. The second-order valence-electron chi connectivity index (χ2n) is 10.9. The van der Waals surface area contributed by atoms with Crippen LogP contribution in [0.2, 0.25) is 0 Å². The van der Waals surface area contributed by atoms with Crippen LogP contribution >= 0.6 is 23.1 Å². The average molecular weight is 628 g/mol. The van der Waals surface area contributed by atoms with Crippen molar-refractivity contribution in [3.63, 3.8) is 0 Å². The first kappa shape index (κ1) is 29.9. The highest BCUT2D eigenvalue weighted by Gasteiger charge is 2.48. The van der Waals surface area contributed by atoms with E-state index in [9.17, 15) is 14.7 Å². The van der Waals surface area contributed by atoms with Crippen molar-refractivity contribution >= 4 is 45.7 Å². The number of nitrogens with zero attached hydrogens (tertiary/aromatic N) is 3. The van der Waals surface area contributed by atoms with Crippen LogP contribution in [-0.4, -0.2) is 39.7 Å². The van der Waals surface area contributed by atoms with E-state index in [1.807, 2.05) is 67.6 Å². The molecule has 0 unspecified atom stereocenters. The predicted octanol–water partition coefficient (Wildman–Crippen LogP) is 7.35. The number of Topliss-reactive ketones (excluding diaryl/α,β-unsaturated/α-hetero) is 1. The van der Waals surface area contributed by atoms with E-state index in [4.69, 9.17) is 9.47 Å². The van der Waals surface area contributed by atoms with E-state index < -0.39 is 17.7 Å². The van der Waals surface area contributed by atoms with E-state index in [1.54, 1.807) is 12.1 Å². The van der Waals surface area contributed by atoms with Gasteiger partial charge in [-0.05, 0) is 60.4 Å². The lowest BCUT2D eigenvalue weighted by Crippen LogP contribution is -2.29. The molecule has 1 amide bonds. The Labute approximate surface area is 264 Å². The maximum absolute atomic E-state index is 13.7. The second kappa shape index (κ2) is 13.2. The van der Waals surface area contributed by atoms with Crippen LogP contribution < -0.4 is 14.4 Å². The quantitative estimate of drug-likeness (QED) is 0.0460. The largest absolute Gasteiger partial charge is 0.507 e. The maximum atomic E-state index is 13.7. The predicted molar refractivity (Wildman–Crippen MR) is 172 cm³/mol. The van der Waals surface area contributed by atoms with Crippen molar-refractivity contribution in [3.05, 3.63) is 101 Å². The molecular weight excluding hydrogens is 595 g/mol. The van der Waals surface area contributed by atoms with E-state index in [0.29, 0.717) is 40.0 Å². The molecule has 1 fully saturated rings. The third-order valence-electron chi connectivity index (χ3n) is 7.61. The molecular formula is C34H33N3O5S2. The summed E-state index contributed by atoms with van der Waals surface area (Å²) in [5.41, 5.74) is 3.16. The van der Waals surface area contributed by atoms with Crippen LogP contribution in [0.25, 0.3) is 5.76 Å². The van der Waals surface area contributed by atoms with E-state index in [2.05, 4.69) is 17.1 Å². The summed E-state index contributed by atoms with van der Waals surface area (Å²) in [6.45, 7) is 4.68. The third kappa shape index (κ3) is 6.23. The molecule has 10 heteroatoms. The van der Waals surface area contributed by atoms with Gasteiger partial charge in [0, 0.05) is 17.7 Å². The molecule has 0 aliphatic carbocycles. The highest BCUT2D eigenvalue weighted by atomic mass is 32.2. The fourth-order valence-corrected chi connectivity index (χ4v) is 7.29. The standard InChI is InChI=1S/C34H33N3O5S2/c1-3-4-8-16-41-26-13-9-12-23(19-26)29-28(30(38)24-14-15-27-25(18-24)17-21(2)42-27)31(39)32(40)37(29)33-35-36-34(44-33)43-20-22-10-6-5-7-11-22/h5-7,9-15,18-19,21,29,38H,3-4,8,16-17,20H2,1-2H3/b30-28+/t21-,29+/m1/s1. The number of fused-ring (bicyclic) bond motifs is 1. The number of hydrogen-bond acceptors (Lipinski definition) is 9. The summed E-state index contributed by atoms with van der Waals surface area (Å²) in [6, 6.07) is 21.8. The Hall–Kier alpha value is -4.15. The Morgan fingerprint density at radius 3 is 2.73 bits per heavy atom. The molecule has 2 aliphatic rings. The molecule has 3 aromatic carbocycles. The zero-order chi connectivity index (χ0) is 30.6. The minimum absolute atomic E-state index is 0.00117. The Bertz CT molecular complexity index is 1700. The highest BCUT2D eigenvalue weighted by Crippen LogP contribution is 2.45. The molecule has 4 aromatic rings. The van der Waals surface area contributed by atoms with Crippen molar-refractivity contribution in [2.45, 2.75) is 61.8 Å². The molecule has 2 aliphatic heterocycles. The van der Waals surface area contributed by atoms with Crippen LogP contribution in [-0.2, 0) is 21.8 Å². The molecule has 1 saturated heterocycles. The Balaban J connectivity index is 1.38. The minimum atomic E-state index is -0.919. The fourth-order valence-electron chi connectivity index (χ4n) is 5.46. The van der Waals surface area contributed by atoms with Gasteiger partial charge < -0.3 is 14.6 Å². The van der Waals surface area contributed by atoms with Crippen LogP contribution in [0.1, 0.15) is 61.4 Å². The number of ketones is 1. The summed E-state index contributed by atoms with van der Waals surface area (Å²) in [4.78, 5) is 28.8. The second-order valence-corrected chi connectivity index (χ2v) is 13.1. The number of amides is 1. The van der Waals surface area contributed by atoms with Gasteiger partial charge in [0.2, 0.25) is 5.13 Å². The number of hydrogen-bond donors (Lipinski definition) is 1. The SMILES string of the molecule is CCCCCOc1cccc([C@H]2/C(=C(\O)c3ccc4c(c3)C[C@@H](C)O4)C(=O)C(=O)N2c2nnc(SCc3ccccc3)s2)c1. The van der Waals surface area contributed by atoms with Gasteiger partial charge in [-0.3, -0.25) is 14.5 Å². The van der Waals surface area contributed by atoms with Crippen molar-refractivity contribution in [1.29, 1.82) is 0 Å². The van der Waals surface area contributed by atoms with E-state index in [1.165, 1.54) is 28.0 Å². The van der Waals surface area contributed by atoms with Gasteiger partial charge in [0.1, 0.15) is 23.4 Å². The Morgan fingerprint density at radius 1 is 1.07 bits per heavy atom. The van der Waals surface area contributed by atoms with Crippen LogP contribution in [0.3, 0.4) is 0 Å². The number of benzene rings is 3. The van der Waals surface area contributed by atoms with Crippen molar-refractivity contribution in [2.75, 3.05) is 11.5 Å². The summed E-state index contributed by atoms with van der Waals surface area (Å²) in [7, 11) is 0. The summed E-state index contributed by atoms with van der Waals surface area (Å²) in [5, 5.41) is 20.6. The molecule has 1 N–H and O–H groups in total. The monoisotopic (exact) mass is 627 g/mol. The number of ether oxygens (including phenoxy) is 2. The highest BCUT2D eigenvalue weighted by molar-refractivity contribution is 8.00.